The minimum Gasteiger partial charge on any atom is -0.857 e. The van der Waals surface area contributed by atoms with Crippen molar-refractivity contribution in [2.75, 3.05) is 7.11 Å². The fraction of sp³-hybridized carbons (Fsp3) is 0.345. The van der Waals surface area contributed by atoms with E-state index in [2.05, 4.69) is 13.3 Å². The summed E-state index contributed by atoms with van der Waals surface area (Å²) in [6.45, 7) is 2.42. The first-order chi connectivity index (χ1) is 17.3. The molecule has 196 valence electrons. The van der Waals surface area contributed by atoms with Crippen molar-refractivity contribution < 1.29 is 55.4 Å². The van der Waals surface area contributed by atoms with Crippen molar-refractivity contribution in [3.8, 4) is 0 Å². The number of rotatable bonds is 2. The molecule has 37 heavy (non-hydrogen) atoms. The van der Waals surface area contributed by atoms with Crippen molar-refractivity contribution in [1.82, 2.24) is 0 Å². The number of fused-ring (bicyclic) bond motifs is 1. The zero-order chi connectivity index (χ0) is 26.7. The molecule has 1 atom stereocenters. The molecule has 2 N–H and O–H groups in total. The largest absolute Gasteiger partial charge is 2.00 e. The predicted octanol–water partition coefficient (Wildman–Crippen LogP) is 6.21. The Bertz CT molecular complexity index is 1000. The number of hydrogen-bond acceptors (Lipinski definition) is 3. The number of allylic oxidation sites excluding steroid dienone is 4. The van der Waals surface area contributed by atoms with Crippen LogP contribution in [0.5, 0.6) is 0 Å². The van der Waals surface area contributed by atoms with Crippen molar-refractivity contribution in [2.45, 2.75) is 51.9 Å². The molecule has 2 aromatic carbocycles. The van der Waals surface area contributed by atoms with Crippen molar-refractivity contribution in [1.29, 1.82) is 0 Å². The van der Waals surface area contributed by atoms with E-state index in [1.54, 1.807) is 22.3 Å². The Morgan fingerprint density at radius 2 is 1.22 bits per heavy atom. The second-order valence-corrected chi connectivity index (χ2v) is 8.59. The van der Waals surface area contributed by atoms with E-state index < -0.39 is 23.6 Å². The Morgan fingerprint density at radius 3 is 1.68 bits per heavy atom. The van der Waals surface area contributed by atoms with Gasteiger partial charge in [-0.1, -0.05) is 31.8 Å². The number of benzene rings is 2. The molecule has 1 unspecified atom stereocenters. The minimum absolute atomic E-state index is 0. The van der Waals surface area contributed by atoms with Gasteiger partial charge >= 0.3 is 33.7 Å². The maximum Gasteiger partial charge on any atom is 2.00 e. The van der Waals surface area contributed by atoms with Crippen LogP contribution in [0.3, 0.4) is 0 Å². The Balaban J connectivity index is 0.000000271. The van der Waals surface area contributed by atoms with Crippen LogP contribution in [0.4, 0.5) is 8.78 Å². The topological polar surface area (TPSA) is 97.7 Å². The number of halogens is 2. The van der Waals surface area contributed by atoms with E-state index in [9.17, 15) is 18.4 Å². The van der Waals surface area contributed by atoms with E-state index in [0.29, 0.717) is 0 Å². The van der Waals surface area contributed by atoms with E-state index in [-0.39, 0.29) is 32.8 Å². The molecule has 0 aromatic heterocycles. The van der Waals surface area contributed by atoms with Crippen LogP contribution in [-0.4, -0.2) is 29.3 Å². The molecule has 0 radical (unpaired) electrons. The second-order valence-electron chi connectivity index (χ2n) is 8.59. The molecular formula is C29H32F2O5Ti. The molecule has 0 aliphatic heterocycles. The Kier molecular flexibility index (Phi) is 14.1. The van der Waals surface area contributed by atoms with Gasteiger partial charge in [0, 0.05) is 0 Å². The molecule has 0 amide bonds. The SMILES string of the molecule is CC1C2=C(CCC[CH-]2)C2=C1CCCC2.C[O-].O=C(O)c1ccc(F)cc1.O=C(O)c1ccc(F)cc1.[Ti+2]. The molecule has 8 heteroatoms. The number of aromatic carboxylic acids is 2. The quantitative estimate of drug-likeness (QED) is 0.345. The molecule has 2 aromatic rings. The smallest absolute Gasteiger partial charge is 0.857 e. The molecule has 3 aliphatic rings. The maximum absolute atomic E-state index is 12.2. The van der Waals surface area contributed by atoms with Gasteiger partial charge in [0.25, 0.3) is 0 Å². The monoisotopic (exact) mass is 546 g/mol. The summed E-state index contributed by atoms with van der Waals surface area (Å²) in [5.41, 5.74) is 7.26. The van der Waals surface area contributed by atoms with Crippen LogP contribution in [0, 0.1) is 24.0 Å². The van der Waals surface area contributed by atoms with Gasteiger partial charge < -0.3 is 15.3 Å². The van der Waals surface area contributed by atoms with Crippen LogP contribution in [0.15, 0.2) is 70.8 Å². The van der Waals surface area contributed by atoms with Crippen molar-refractivity contribution in [3.05, 3.63) is 100 Å². The average molecular weight is 546 g/mol. The van der Waals surface area contributed by atoms with Gasteiger partial charge in [-0.25, -0.2) is 30.4 Å². The number of carboxylic acid groups (broad SMARTS) is 2. The minimum atomic E-state index is -1.04. The standard InChI is InChI=1S/C14H19.2C7H5FO2.CH3O.Ti/c1-10-11-6-2-4-8-13(11)14-9-5-3-7-12(10)14;2*8-6-3-1-5(2-4-6)7(9)10;1-2;/h6,10H,2-5,7-9H2,1H3;2*1-4H,(H,9,10);1H3;/q-1;;;-1;+2. The Hall–Kier alpha value is -2.74. The summed E-state index contributed by atoms with van der Waals surface area (Å²) in [7, 11) is 0.750. The van der Waals surface area contributed by atoms with Crippen molar-refractivity contribution in [2.24, 2.45) is 5.92 Å². The van der Waals surface area contributed by atoms with Crippen LogP contribution >= 0.6 is 0 Å². The number of hydrogen-bond donors (Lipinski definition) is 2. The maximum atomic E-state index is 12.2. The Labute approximate surface area is 231 Å². The first-order valence-corrected chi connectivity index (χ1v) is 11.9. The summed E-state index contributed by atoms with van der Waals surface area (Å²) >= 11 is 0. The van der Waals surface area contributed by atoms with Gasteiger partial charge in [0.05, 0.1) is 11.1 Å². The normalized spacial score (nSPS) is 17.1. The van der Waals surface area contributed by atoms with E-state index in [4.69, 9.17) is 15.3 Å². The predicted molar refractivity (Wildman–Crippen MR) is 132 cm³/mol. The molecule has 3 aliphatic carbocycles. The zero-order valence-corrected chi connectivity index (χ0v) is 22.7. The van der Waals surface area contributed by atoms with Gasteiger partial charge in [-0.05, 0) is 73.7 Å². The summed E-state index contributed by atoms with van der Waals surface area (Å²) in [5, 5.41) is 25.0. The van der Waals surface area contributed by atoms with Crippen LogP contribution in [0.1, 0.15) is 72.6 Å². The fourth-order valence-corrected chi connectivity index (χ4v) is 4.69. The molecule has 0 saturated heterocycles. The van der Waals surface area contributed by atoms with Crippen LogP contribution < -0.4 is 5.11 Å². The number of carbonyl (C=O) groups is 2. The molecular weight excluding hydrogens is 514 g/mol. The molecule has 0 saturated carbocycles. The van der Waals surface area contributed by atoms with Crippen LogP contribution in [0.25, 0.3) is 0 Å². The molecule has 5 rings (SSSR count). The van der Waals surface area contributed by atoms with Gasteiger partial charge in [-0.3, -0.25) is 0 Å². The van der Waals surface area contributed by atoms with Crippen LogP contribution in [0.2, 0.25) is 0 Å². The van der Waals surface area contributed by atoms with E-state index in [1.807, 2.05) is 0 Å². The average Bonchev–Trinajstić information content (AvgIpc) is 3.19. The summed E-state index contributed by atoms with van der Waals surface area (Å²) in [6.07, 6.45) is 12.2. The van der Waals surface area contributed by atoms with E-state index in [1.165, 1.54) is 69.2 Å². The van der Waals surface area contributed by atoms with E-state index in [0.717, 1.165) is 37.3 Å². The summed E-state index contributed by atoms with van der Waals surface area (Å²) in [6, 6.07) is 9.34. The van der Waals surface area contributed by atoms with Gasteiger partial charge in [-0.2, -0.15) is 12.7 Å². The van der Waals surface area contributed by atoms with Gasteiger partial charge in [0.1, 0.15) is 11.6 Å². The van der Waals surface area contributed by atoms with Crippen LogP contribution in [-0.2, 0) is 21.7 Å². The zero-order valence-electron chi connectivity index (χ0n) is 21.1. The molecule has 0 heterocycles. The van der Waals surface area contributed by atoms with Crippen molar-refractivity contribution >= 4 is 11.9 Å². The number of carboxylic acids is 2. The third-order valence-corrected chi connectivity index (χ3v) is 6.39. The van der Waals surface area contributed by atoms with Gasteiger partial charge in [0.15, 0.2) is 0 Å². The molecule has 0 fully saturated rings. The summed E-state index contributed by atoms with van der Waals surface area (Å²) < 4.78 is 24.3. The summed E-state index contributed by atoms with van der Waals surface area (Å²) in [4.78, 5) is 20.4. The van der Waals surface area contributed by atoms with E-state index >= 15 is 0 Å². The Morgan fingerprint density at radius 1 is 0.784 bits per heavy atom. The van der Waals surface area contributed by atoms with Crippen molar-refractivity contribution in [3.63, 3.8) is 0 Å². The molecule has 0 bridgehead atoms. The summed E-state index contributed by atoms with van der Waals surface area (Å²) in [5.74, 6) is -2.16. The first kappa shape index (κ1) is 32.3. The first-order valence-electron chi connectivity index (χ1n) is 11.9. The third kappa shape index (κ3) is 9.26. The van der Waals surface area contributed by atoms with Gasteiger partial charge in [0.2, 0.25) is 0 Å². The molecule has 0 spiro atoms. The third-order valence-electron chi connectivity index (χ3n) is 6.39. The fourth-order valence-electron chi connectivity index (χ4n) is 4.69. The second kappa shape index (κ2) is 16.2. The molecule has 5 nitrogen and oxygen atoms in total. The van der Waals surface area contributed by atoms with Gasteiger partial charge in [-0.15, -0.1) is 12.0 Å².